The zero-order chi connectivity index (χ0) is 15.2. The molecule has 1 rings (SSSR count). The number of hydrogen-bond acceptors (Lipinski definition) is 3. The lowest BCUT2D eigenvalue weighted by molar-refractivity contribution is 0.0960. The van der Waals surface area contributed by atoms with Crippen molar-refractivity contribution >= 4 is 0 Å². The summed E-state index contributed by atoms with van der Waals surface area (Å²) in [5.41, 5.74) is 2.31. The minimum atomic E-state index is -0.494. The molecular weight excluding hydrogens is 250 g/mol. The first-order valence-electron chi connectivity index (χ1n) is 7.54. The lowest BCUT2D eigenvalue weighted by Gasteiger charge is -2.29. The third-order valence-electron chi connectivity index (χ3n) is 4.15. The van der Waals surface area contributed by atoms with E-state index in [-0.39, 0.29) is 5.54 Å². The van der Waals surface area contributed by atoms with Gasteiger partial charge in [0.2, 0.25) is 0 Å². The van der Waals surface area contributed by atoms with Gasteiger partial charge in [-0.2, -0.15) is 0 Å². The van der Waals surface area contributed by atoms with Gasteiger partial charge in [-0.3, -0.25) is 0 Å². The SMILES string of the molecule is CCC(C)(CC)NCC(O)COc1c(C)cccc1C. The van der Waals surface area contributed by atoms with Crippen LogP contribution in [-0.2, 0) is 0 Å². The van der Waals surface area contributed by atoms with Crippen molar-refractivity contribution in [2.24, 2.45) is 0 Å². The Morgan fingerprint density at radius 2 is 1.75 bits per heavy atom. The molecule has 0 aromatic heterocycles. The second-order valence-electron chi connectivity index (χ2n) is 5.83. The molecule has 1 atom stereocenters. The van der Waals surface area contributed by atoms with Crippen LogP contribution in [0.15, 0.2) is 18.2 Å². The molecule has 3 heteroatoms. The number of rotatable bonds is 8. The number of aryl methyl sites for hydroxylation is 2. The highest BCUT2D eigenvalue weighted by molar-refractivity contribution is 5.39. The molecule has 0 saturated carbocycles. The largest absolute Gasteiger partial charge is 0.490 e. The van der Waals surface area contributed by atoms with Crippen molar-refractivity contribution < 1.29 is 9.84 Å². The maximum absolute atomic E-state index is 10.1. The fourth-order valence-electron chi connectivity index (χ4n) is 2.13. The lowest BCUT2D eigenvalue weighted by atomic mass is 9.95. The Bertz CT molecular complexity index is 393. The van der Waals surface area contributed by atoms with Crippen molar-refractivity contribution in [1.82, 2.24) is 5.32 Å². The van der Waals surface area contributed by atoms with Crippen LogP contribution in [0.25, 0.3) is 0 Å². The van der Waals surface area contributed by atoms with Gasteiger partial charge in [0.05, 0.1) is 0 Å². The molecule has 0 aliphatic rings. The predicted octanol–water partition coefficient (Wildman–Crippen LogP) is 3.21. The first kappa shape index (κ1) is 17.0. The number of benzene rings is 1. The van der Waals surface area contributed by atoms with Crippen LogP contribution in [0.1, 0.15) is 44.7 Å². The van der Waals surface area contributed by atoms with Crippen molar-refractivity contribution in [3.63, 3.8) is 0 Å². The van der Waals surface area contributed by atoms with Gasteiger partial charge >= 0.3 is 0 Å². The van der Waals surface area contributed by atoms with E-state index in [1.807, 2.05) is 32.0 Å². The van der Waals surface area contributed by atoms with Crippen LogP contribution in [0.5, 0.6) is 5.75 Å². The molecule has 0 aliphatic heterocycles. The van der Waals surface area contributed by atoms with E-state index in [1.54, 1.807) is 0 Å². The van der Waals surface area contributed by atoms with Crippen LogP contribution in [0.2, 0.25) is 0 Å². The van der Waals surface area contributed by atoms with E-state index in [0.717, 1.165) is 29.7 Å². The van der Waals surface area contributed by atoms with E-state index in [4.69, 9.17) is 4.74 Å². The van der Waals surface area contributed by atoms with Crippen molar-refractivity contribution in [3.05, 3.63) is 29.3 Å². The molecule has 1 aromatic rings. The number of para-hydroxylation sites is 1. The molecule has 0 saturated heterocycles. The number of aliphatic hydroxyl groups excluding tert-OH is 1. The number of ether oxygens (including phenoxy) is 1. The molecule has 3 nitrogen and oxygen atoms in total. The van der Waals surface area contributed by atoms with Crippen molar-refractivity contribution in [2.45, 2.75) is 59.1 Å². The smallest absolute Gasteiger partial charge is 0.125 e. The summed E-state index contributed by atoms with van der Waals surface area (Å²) in [4.78, 5) is 0. The van der Waals surface area contributed by atoms with Crippen molar-refractivity contribution in [3.8, 4) is 5.75 Å². The van der Waals surface area contributed by atoms with Crippen LogP contribution in [-0.4, -0.2) is 29.9 Å². The highest BCUT2D eigenvalue weighted by Crippen LogP contribution is 2.22. The van der Waals surface area contributed by atoms with Gasteiger partial charge in [-0.15, -0.1) is 0 Å². The van der Waals surface area contributed by atoms with Crippen LogP contribution in [0.4, 0.5) is 0 Å². The minimum absolute atomic E-state index is 0.0968. The molecule has 1 unspecified atom stereocenters. The molecule has 0 fully saturated rings. The van der Waals surface area contributed by atoms with E-state index in [0.29, 0.717) is 13.2 Å². The Hall–Kier alpha value is -1.06. The second kappa shape index (κ2) is 7.65. The van der Waals surface area contributed by atoms with Gasteiger partial charge < -0.3 is 15.2 Å². The average molecular weight is 279 g/mol. The molecule has 0 bridgehead atoms. The summed E-state index contributed by atoms with van der Waals surface area (Å²) in [7, 11) is 0. The number of nitrogens with one attached hydrogen (secondary N) is 1. The quantitative estimate of drug-likeness (QED) is 0.768. The normalized spacial score (nSPS) is 13.3. The second-order valence-corrected chi connectivity index (χ2v) is 5.83. The maximum atomic E-state index is 10.1. The van der Waals surface area contributed by atoms with Crippen molar-refractivity contribution in [2.75, 3.05) is 13.2 Å². The number of aliphatic hydroxyl groups is 1. The molecule has 0 heterocycles. The summed E-state index contributed by atoms with van der Waals surface area (Å²) in [5.74, 6) is 0.889. The van der Waals surface area contributed by atoms with Crippen LogP contribution < -0.4 is 10.1 Å². The molecule has 0 radical (unpaired) electrons. The zero-order valence-corrected chi connectivity index (χ0v) is 13.5. The Morgan fingerprint density at radius 3 is 2.25 bits per heavy atom. The summed E-state index contributed by atoms with van der Waals surface area (Å²) < 4.78 is 5.77. The molecular formula is C17H29NO2. The van der Waals surface area contributed by atoms with Gasteiger partial charge in [0, 0.05) is 12.1 Å². The number of hydrogen-bond donors (Lipinski definition) is 2. The van der Waals surface area contributed by atoms with Crippen LogP contribution in [0, 0.1) is 13.8 Å². The highest BCUT2D eigenvalue weighted by Gasteiger charge is 2.20. The molecule has 1 aromatic carbocycles. The predicted molar refractivity (Wildman–Crippen MR) is 84.4 cm³/mol. The molecule has 114 valence electrons. The highest BCUT2D eigenvalue weighted by atomic mass is 16.5. The molecule has 20 heavy (non-hydrogen) atoms. The summed E-state index contributed by atoms with van der Waals surface area (Å²) in [5, 5.41) is 13.5. The Kier molecular flexibility index (Phi) is 6.50. The third-order valence-corrected chi connectivity index (χ3v) is 4.15. The first-order valence-corrected chi connectivity index (χ1v) is 7.54. The van der Waals surface area contributed by atoms with Gasteiger partial charge in [0.15, 0.2) is 0 Å². The summed E-state index contributed by atoms with van der Waals surface area (Å²) in [6.45, 7) is 11.4. The first-order chi connectivity index (χ1) is 9.41. The van der Waals surface area contributed by atoms with Crippen LogP contribution >= 0.6 is 0 Å². The number of β-amino-alcohol motifs (C(OH)–C–C–N with tert-alkyl or cyclic N) is 1. The Morgan fingerprint density at radius 1 is 1.20 bits per heavy atom. The summed E-state index contributed by atoms with van der Waals surface area (Å²) in [6, 6.07) is 6.07. The van der Waals surface area contributed by atoms with Crippen LogP contribution in [0.3, 0.4) is 0 Å². The Labute approximate surface area is 123 Å². The minimum Gasteiger partial charge on any atom is -0.490 e. The fraction of sp³-hybridized carbons (Fsp3) is 0.647. The topological polar surface area (TPSA) is 41.5 Å². The summed E-state index contributed by atoms with van der Waals surface area (Å²) in [6.07, 6.45) is 1.61. The van der Waals surface area contributed by atoms with Crippen molar-refractivity contribution in [1.29, 1.82) is 0 Å². The van der Waals surface area contributed by atoms with Gasteiger partial charge in [-0.25, -0.2) is 0 Å². The third kappa shape index (κ3) is 4.80. The molecule has 2 N–H and O–H groups in total. The maximum Gasteiger partial charge on any atom is 0.125 e. The molecule has 0 amide bonds. The van der Waals surface area contributed by atoms with Gasteiger partial charge in [-0.1, -0.05) is 32.0 Å². The average Bonchev–Trinajstić information content (AvgIpc) is 2.44. The molecule has 0 spiro atoms. The lowest BCUT2D eigenvalue weighted by Crippen LogP contribution is -2.46. The van der Waals surface area contributed by atoms with Gasteiger partial charge in [0.1, 0.15) is 18.5 Å². The Balaban J connectivity index is 2.46. The van der Waals surface area contributed by atoms with E-state index < -0.39 is 6.10 Å². The van der Waals surface area contributed by atoms with E-state index in [2.05, 4.69) is 26.1 Å². The molecule has 0 aliphatic carbocycles. The van der Waals surface area contributed by atoms with Gasteiger partial charge in [0.25, 0.3) is 0 Å². The fourth-order valence-corrected chi connectivity index (χ4v) is 2.13. The monoisotopic (exact) mass is 279 g/mol. The zero-order valence-electron chi connectivity index (χ0n) is 13.5. The summed E-state index contributed by atoms with van der Waals surface area (Å²) >= 11 is 0. The van der Waals surface area contributed by atoms with E-state index >= 15 is 0 Å². The van der Waals surface area contributed by atoms with E-state index in [1.165, 1.54) is 0 Å². The van der Waals surface area contributed by atoms with E-state index in [9.17, 15) is 5.11 Å². The standard InChI is InChI=1S/C17H29NO2/c1-6-17(5,7-2)18-11-15(19)12-20-16-13(3)9-8-10-14(16)4/h8-10,15,18-19H,6-7,11-12H2,1-5H3. The van der Waals surface area contributed by atoms with Gasteiger partial charge in [-0.05, 0) is 44.7 Å².